The summed E-state index contributed by atoms with van der Waals surface area (Å²) in [4.78, 5) is 33.6. The van der Waals surface area contributed by atoms with Gasteiger partial charge < -0.3 is 25.2 Å². The SMILES string of the molecule is CC(C)NCC(COc1ccc(CC(=O)N[C@@H](C)C(=O)O)cc1)OC(=O)C(F)(F)F. The monoisotopic (exact) mass is 434 g/mol. The number of hydrogen-bond acceptors (Lipinski definition) is 6. The maximum absolute atomic E-state index is 12.4. The Kier molecular flexibility index (Phi) is 9.57. The standard InChI is InChI=1S/C19H25F3N2O6/c1-11(2)23-9-15(30-18(28)19(20,21)22)10-29-14-6-4-13(5-7-14)8-16(25)24-12(3)17(26)27/h4-7,11-12,15,23H,8-10H2,1-3H3,(H,24,25)(H,26,27)/t12-,15?/m0/s1. The van der Waals surface area contributed by atoms with Crippen molar-refractivity contribution in [2.45, 2.75) is 51.6 Å². The Morgan fingerprint density at radius 2 is 1.70 bits per heavy atom. The van der Waals surface area contributed by atoms with Crippen molar-refractivity contribution in [3.63, 3.8) is 0 Å². The van der Waals surface area contributed by atoms with E-state index >= 15 is 0 Å². The maximum atomic E-state index is 12.4. The number of nitrogens with one attached hydrogen (secondary N) is 2. The van der Waals surface area contributed by atoms with Gasteiger partial charge in [-0.3, -0.25) is 9.59 Å². The van der Waals surface area contributed by atoms with Crippen LogP contribution in [-0.4, -0.2) is 60.5 Å². The first kappa shape index (κ1) is 25.2. The number of carbonyl (C=O) groups is 3. The lowest BCUT2D eigenvalue weighted by atomic mass is 10.1. The van der Waals surface area contributed by atoms with E-state index in [9.17, 15) is 27.6 Å². The van der Waals surface area contributed by atoms with Gasteiger partial charge in [-0.2, -0.15) is 13.2 Å². The van der Waals surface area contributed by atoms with Crippen molar-refractivity contribution in [2.24, 2.45) is 0 Å². The molecule has 11 heteroatoms. The molecule has 0 bridgehead atoms. The van der Waals surface area contributed by atoms with Crippen LogP contribution in [0.3, 0.4) is 0 Å². The van der Waals surface area contributed by atoms with Crippen LogP contribution < -0.4 is 15.4 Å². The van der Waals surface area contributed by atoms with Crippen molar-refractivity contribution in [3.05, 3.63) is 29.8 Å². The number of ether oxygens (including phenoxy) is 2. The molecule has 1 aromatic carbocycles. The zero-order valence-corrected chi connectivity index (χ0v) is 16.8. The molecule has 1 rings (SSSR count). The predicted octanol–water partition coefficient (Wildman–Crippen LogP) is 1.67. The van der Waals surface area contributed by atoms with Crippen LogP contribution in [0.1, 0.15) is 26.3 Å². The van der Waals surface area contributed by atoms with E-state index in [0.29, 0.717) is 11.3 Å². The lowest BCUT2D eigenvalue weighted by Gasteiger charge is -2.21. The molecule has 0 heterocycles. The number of halogens is 3. The molecule has 0 spiro atoms. The second-order valence-corrected chi connectivity index (χ2v) is 6.85. The molecule has 3 N–H and O–H groups in total. The maximum Gasteiger partial charge on any atom is 0.490 e. The largest absolute Gasteiger partial charge is 0.490 e. The average molecular weight is 434 g/mol. The molecule has 2 atom stereocenters. The topological polar surface area (TPSA) is 114 Å². The molecule has 8 nitrogen and oxygen atoms in total. The third-order valence-electron chi connectivity index (χ3n) is 3.73. The van der Waals surface area contributed by atoms with Crippen LogP contribution in [0.5, 0.6) is 5.75 Å². The summed E-state index contributed by atoms with van der Waals surface area (Å²) in [6.07, 6.45) is -6.32. The third-order valence-corrected chi connectivity index (χ3v) is 3.73. The van der Waals surface area contributed by atoms with E-state index in [1.165, 1.54) is 19.1 Å². The minimum absolute atomic E-state index is 0.0283. The molecule has 0 aliphatic heterocycles. The Hall–Kier alpha value is -2.82. The predicted molar refractivity (Wildman–Crippen MR) is 100.0 cm³/mol. The number of alkyl halides is 3. The van der Waals surface area contributed by atoms with Crippen LogP contribution in [0.2, 0.25) is 0 Å². The minimum atomic E-state index is -5.10. The highest BCUT2D eigenvalue weighted by atomic mass is 19.4. The second-order valence-electron chi connectivity index (χ2n) is 6.85. The van der Waals surface area contributed by atoms with Gasteiger partial charge in [0.2, 0.25) is 5.91 Å². The second kappa shape index (κ2) is 11.4. The van der Waals surface area contributed by atoms with E-state index in [4.69, 9.17) is 9.84 Å². The summed E-state index contributed by atoms with van der Waals surface area (Å²) in [6.45, 7) is 4.58. The quantitative estimate of drug-likeness (QED) is 0.454. The fraction of sp³-hybridized carbons (Fsp3) is 0.526. The Morgan fingerprint density at radius 3 is 2.20 bits per heavy atom. The van der Waals surface area contributed by atoms with E-state index in [2.05, 4.69) is 15.4 Å². The third kappa shape index (κ3) is 9.59. The highest BCUT2D eigenvalue weighted by molar-refractivity contribution is 5.84. The summed E-state index contributed by atoms with van der Waals surface area (Å²) in [5, 5.41) is 14.0. The summed E-state index contributed by atoms with van der Waals surface area (Å²) in [7, 11) is 0. The fourth-order valence-electron chi connectivity index (χ4n) is 2.15. The van der Waals surface area contributed by atoms with Crippen LogP contribution in [0.15, 0.2) is 24.3 Å². The van der Waals surface area contributed by atoms with E-state index in [1.54, 1.807) is 26.0 Å². The molecule has 30 heavy (non-hydrogen) atoms. The van der Waals surface area contributed by atoms with Crippen LogP contribution in [0.25, 0.3) is 0 Å². The number of amides is 1. The van der Waals surface area contributed by atoms with Gasteiger partial charge in [0.15, 0.2) is 0 Å². The molecular formula is C19H25F3N2O6. The molecule has 0 aliphatic rings. The number of carboxylic acid groups (broad SMARTS) is 1. The van der Waals surface area contributed by atoms with Crippen molar-refractivity contribution in [1.82, 2.24) is 10.6 Å². The molecule has 0 saturated carbocycles. The fourth-order valence-corrected chi connectivity index (χ4v) is 2.15. The van der Waals surface area contributed by atoms with Gasteiger partial charge in [0.25, 0.3) is 0 Å². The summed E-state index contributed by atoms with van der Waals surface area (Å²) >= 11 is 0. The normalized spacial score (nSPS) is 13.4. The summed E-state index contributed by atoms with van der Waals surface area (Å²) in [5.74, 6) is -3.62. The first-order chi connectivity index (χ1) is 13.9. The van der Waals surface area contributed by atoms with E-state index in [0.717, 1.165) is 0 Å². The van der Waals surface area contributed by atoms with Crippen LogP contribution >= 0.6 is 0 Å². The smallest absolute Gasteiger partial charge is 0.490 e. The van der Waals surface area contributed by atoms with Crippen molar-refractivity contribution in [3.8, 4) is 5.75 Å². The van der Waals surface area contributed by atoms with Crippen molar-refractivity contribution >= 4 is 17.8 Å². The Labute approximate surface area is 171 Å². The molecular weight excluding hydrogens is 409 g/mol. The van der Waals surface area contributed by atoms with Gasteiger partial charge in [-0.25, -0.2) is 4.79 Å². The molecule has 0 fully saturated rings. The molecule has 1 aromatic rings. The van der Waals surface area contributed by atoms with Gasteiger partial charge in [0, 0.05) is 12.6 Å². The van der Waals surface area contributed by atoms with Crippen LogP contribution in [0.4, 0.5) is 13.2 Å². The van der Waals surface area contributed by atoms with Gasteiger partial charge in [-0.15, -0.1) is 0 Å². The minimum Gasteiger partial charge on any atom is -0.490 e. The number of benzene rings is 1. The number of hydrogen-bond donors (Lipinski definition) is 3. The van der Waals surface area contributed by atoms with Gasteiger partial charge in [0.1, 0.15) is 24.5 Å². The lowest BCUT2D eigenvalue weighted by molar-refractivity contribution is -0.205. The zero-order valence-electron chi connectivity index (χ0n) is 16.8. The lowest BCUT2D eigenvalue weighted by Crippen LogP contribution is -2.41. The Bertz CT molecular complexity index is 722. The number of esters is 1. The Morgan fingerprint density at radius 1 is 1.10 bits per heavy atom. The summed E-state index contributed by atoms with van der Waals surface area (Å²) in [6, 6.07) is 5.07. The molecule has 168 valence electrons. The highest BCUT2D eigenvalue weighted by Crippen LogP contribution is 2.18. The highest BCUT2D eigenvalue weighted by Gasteiger charge is 2.42. The number of rotatable bonds is 11. The molecule has 0 aromatic heterocycles. The number of aliphatic carboxylic acids is 1. The first-order valence-electron chi connectivity index (χ1n) is 9.13. The zero-order chi connectivity index (χ0) is 22.9. The molecule has 0 radical (unpaired) electrons. The molecule has 0 saturated heterocycles. The number of carboxylic acids is 1. The van der Waals surface area contributed by atoms with Crippen molar-refractivity contribution in [1.29, 1.82) is 0 Å². The van der Waals surface area contributed by atoms with E-state index < -0.39 is 36.2 Å². The van der Waals surface area contributed by atoms with Gasteiger partial charge in [-0.05, 0) is 24.6 Å². The Balaban J connectivity index is 2.63. The molecule has 0 aliphatic carbocycles. The van der Waals surface area contributed by atoms with Gasteiger partial charge in [0.05, 0.1) is 6.42 Å². The molecule has 1 unspecified atom stereocenters. The summed E-state index contributed by atoms with van der Waals surface area (Å²) < 4.78 is 47.2. The first-order valence-corrected chi connectivity index (χ1v) is 9.13. The van der Waals surface area contributed by atoms with E-state index in [-0.39, 0.29) is 25.6 Å². The average Bonchev–Trinajstić information content (AvgIpc) is 2.63. The van der Waals surface area contributed by atoms with Crippen LogP contribution in [0, 0.1) is 0 Å². The molecule has 1 amide bonds. The van der Waals surface area contributed by atoms with Gasteiger partial charge >= 0.3 is 18.1 Å². The van der Waals surface area contributed by atoms with Crippen LogP contribution in [-0.2, 0) is 25.5 Å². The summed E-state index contributed by atoms with van der Waals surface area (Å²) in [5.41, 5.74) is 0.582. The van der Waals surface area contributed by atoms with Gasteiger partial charge in [-0.1, -0.05) is 26.0 Å². The van der Waals surface area contributed by atoms with E-state index in [1.807, 2.05) is 0 Å². The van der Waals surface area contributed by atoms with Crippen molar-refractivity contribution < 1.29 is 42.1 Å². The number of carbonyl (C=O) groups excluding carboxylic acids is 2. The van der Waals surface area contributed by atoms with Crippen molar-refractivity contribution in [2.75, 3.05) is 13.2 Å².